The number of aliphatic carboxylic acids is 1. The zero-order valence-corrected chi connectivity index (χ0v) is 6.17. The van der Waals surface area contributed by atoms with Gasteiger partial charge in [0.05, 0.1) is 12.6 Å². The van der Waals surface area contributed by atoms with Crippen LogP contribution < -0.4 is 5.32 Å². The molecule has 0 saturated heterocycles. The fraction of sp³-hybridized carbons (Fsp3) is 0.600. The highest BCUT2D eigenvalue weighted by atomic mass is 32.1. The molecule has 10 heavy (non-hydrogen) atoms. The fourth-order valence-electron chi connectivity index (χ4n) is 0.374. The van der Waals surface area contributed by atoms with Gasteiger partial charge in [-0.05, 0) is 0 Å². The molecule has 0 spiro atoms. The number of carboxylic acids is 1. The van der Waals surface area contributed by atoms with Crippen molar-refractivity contribution in [2.75, 3.05) is 12.3 Å². The van der Waals surface area contributed by atoms with Gasteiger partial charge in [0.2, 0.25) is 0 Å². The zero-order valence-electron chi connectivity index (χ0n) is 5.28. The van der Waals surface area contributed by atoms with Crippen molar-refractivity contribution in [1.29, 1.82) is 0 Å². The molecule has 5 heteroatoms. The van der Waals surface area contributed by atoms with Crippen molar-refractivity contribution in [3.8, 4) is 0 Å². The topological polar surface area (TPSA) is 66.4 Å². The van der Waals surface area contributed by atoms with E-state index in [1.54, 1.807) is 0 Å². The summed E-state index contributed by atoms with van der Waals surface area (Å²) >= 11 is 3.81. The van der Waals surface area contributed by atoms with Crippen LogP contribution in [0.4, 0.5) is 0 Å². The third-order valence-electron chi connectivity index (χ3n) is 0.876. The van der Waals surface area contributed by atoms with Crippen molar-refractivity contribution in [3.05, 3.63) is 0 Å². The number of carbonyl (C=O) groups is 2. The van der Waals surface area contributed by atoms with E-state index in [2.05, 4.69) is 17.9 Å². The van der Waals surface area contributed by atoms with Gasteiger partial charge in [0.15, 0.2) is 0 Å². The molecule has 0 aliphatic heterocycles. The Balaban J connectivity index is 3.44. The maximum absolute atomic E-state index is 10.0. The number of carbonyl (C=O) groups excluding carboxylic acids is 1. The molecule has 0 fully saturated rings. The van der Waals surface area contributed by atoms with Gasteiger partial charge in [-0.1, -0.05) is 0 Å². The van der Waals surface area contributed by atoms with E-state index < -0.39 is 12.0 Å². The molecular formula is C5H9NO3S. The lowest BCUT2D eigenvalue weighted by molar-refractivity contribution is -0.136. The van der Waals surface area contributed by atoms with E-state index in [1.807, 2.05) is 0 Å². The van der Waals surface area contributed by atoms with Crippen LogP contribution in [-0.4, -0.2) is 35.7 Å². The first kappa shape index (κ1) is 9.45. The van der Waals surface area contributed by atoms with Crippen LogP contribution in [0.5, 0.6) is 0 Å². The largest absolute Gasteiger partial charge is 0.480 e. The summed E-state index contributed by atoms with van der Waals surface area (Å²) in [6.45, 7) is -0.204. The maximum Gasteiger partial charge on any atom is 0.317 e. The van der Waals surface area contributed by atoms with Crippen molar-refractivity contribution >= 4 is 24.9 Å². The molecule has 0 unspecified atom stereocenters. The van der Waals surface area contributed by atoms with Gasteiger partial charge in [-0.2, -0.15) is 12.6 Å². The molecule has 2 N–H and O–H groups in total. The van der Waals surface area contributed by atoms with Crippen LogP contribution in [0.2, 0.25) is 0 Å². The number of carboxylic acid groups (broad SMARTS) is 1. The van der Waals surface area contributed by atoms with Crippen LogP contribution in [0.15, 0.2) is 0 Å². The van der Waals surface area contributed by atoms with Crippen LogP contribution in [0.3, 0.4) is 0 Å². The van der Waals surface area contributed by atoms with Crippen molar-refractivity contribution in [1.82, 2.24) is 5.32 Å². The van der Waals surface area contributed by atoms with Gasteiger partial charge in [0.25, 0.3) is 0 Å². The van der Waals surface area contributed by atoms with E-state index in [0.717, 1.165) is 0 Å². The van der Waals surface area contributed by atoms with E-state index in [9.17, 15) is 9.59 Å². The summed E-state index contributed by atoms with van der Waals surface area (Å²) in [5.41, 5.74) is 0. The molecule has 1 atom stereocenters. The van der Waals surface area contributed by atoms with Crippen LogP contribution in [0.25, 0.3) is 0 Å². The monoisotopic (exact) mass is 163 g/mol. The number of aldehydes is 1. The van der Waals surface area contributed by atoms with Crippen molar-refractivity contribution in [2.24, 2.45) is 0 Å². The number of hydrogen-bond acceptors (Lipinski definition) is 4. The van der Waals surface area contributed by atoms with Gasteiger partial charge in [-0.15, -0.1) is 0 Å². The Hall–Kier alpha value is -0.550. The van der Waals surface area contributed by atoms with Crippen molar-refractivity contribution in [2.45, 2.75) is 6.04 Å². The predicted octanol–water partition coefficient (Wildman–Crippen LogP) is -0.842. The van der Waals surface area contributed by atoms with Gasteiger partial charge in [-0.3, -0.25) is 10.1 Å². The van der Waals surface area contributed by atoms with Crippen LogP contribution in [0.1, 0.15) is 0 Å². The number of nitrogens with one attached hydrogen (secondary N) is 1. The quantitative estimate of drug-likeness (QED) is 0.365. The summed E-state index contributed by atoms with van der Waals surface area (Å²) in [6.07, 6.45) is 0.635. The lowest BCUT2D eigenvalue weighted by Gasteiger charge is -2.05. The highest BCUT2D eigenvalue weighted by Crippen LogP contribution is 1.81. The molecule has 0 rings (SSSR count). The molecular weight excluding hydrogens is 154 g/mol. The second-order valence-electron chi connectivity index (χ2n) is 1.70. The Morgan fingerprint density at radius 2 is 2.40 bits per heavy atom. The highest BCUT2D eigenvalue weighted by Gasteiger charge is 2.04. The molecule has 0 heterocycles. The van der Waals surface area contributed by atoms with Crippen LogP contribution >= 0.6 is 12.6 Å². The highest BCUT2D eigenvalue weighted by molar-refractivity contribution is 7.80. The van der Waals surface area contributed by atoms with Crippen molar-refractivity contribution < 1.29 is 14.7 Å². The maximum atomic E-state index is 10.0. The van der Waals surface area contributed by atoms with Crippen molar-refractivity contribution in [3.63, 3.8) is 0 Å². The van der Waals surface area contributed by atoms with Gasteiger partial charge in [0, 0.05) is 5.75 Å². The zero-order chi connectivity index (χ0) is 7.98. The molecule has 58 valence electrons. The van der Waals surface area contributed by atoms with Gasteiger partial charge < -0.3 is 9.90 Å². The van der Waals surface area contributed by atoms with Crippen LogP contribution in [-0.2, 0) is 9.59 Å². The summed E-state index contributed by atoms with van der Waals surface area (Å²) in [5.74, 6) is -0.662. The summed E-state index contributed by atoms with van der Waals surface area (Å²) in [7, 11) is 0. The summed E-state index contributed by atoms with van der Waals surface area (Å²) < 4.78 is 0. The van der Waals surface area contributed by atoms with E-state index in [-0.39, 0.29) is 6.54 Å². The summed E-state index contributed by atoms with van der Waals surface area (Å²) in [4.78, 5) is 20.0. The molecule has 0 amide bonds. The Kier molecular flexibility index (Phi) is 4.96. The second-order valence-corrected chi connectivity index (χ2v) is 2.06. The predicted molar refractivity (Wildman–Crippen MR) is 39.3 cm³/mol. The van der Waals surface area contributed by atoms with Gasteiger partial charge in [-0.25, -0.2) is 0 Å². The van der Waals surface area contributed by atoms with E-state index in [0.29, 0.717) is 12.0 Å². The number of thiol groups is 1. The normalized spacial score (nSPS) is 12.5. The molecule has 0 bridgehead atoms. The summed E-state index contributed by atoms with van der Waals surface area (Å²) in [5, 5.41) is 10.6. The minimum atomic E-state index is -0.978. The second kappa shape index (κ2) is 5.25. The lowest BCUT2D eigenvalue weighted by Crippen LogP contribution is -2.35. The molecule has 0 aromatic heterocycles. The first-order chi connectivity index (χ1) is 4.70. The average Bonchev–Trinajstić information content (AvgIpc) is 1.90. The number of hydrogen-bond donors (Lipinski definition) is 3. The van der Waals surface area contributed by atoms with Gasteiger partial charge >= 0.3 is 5.97 Å². The first-order valence-corrected chi connectivity index (χ1v) is 3.35. The molecule has 0 saturated carbocycles. The minimum absolute atomic E-state index is 0.204. The Morgan fingerprint density at radius 1 is 1.80 bits per heavy atom. The third kappa shape index (κ3) is 4.34. The average molecular weight is 163 g/mol. The number of rotatable bonds is 5. The fourth-order valence-corrected chi connectivity index (χ4v) is 0.589. The lowest BCUT2D eigenvalue weighted by atomic mass is 10.4. The molecule has 4 nitrogen and oxygen atoms in total. The first-order valence-electron chi connectivity index (χ1n) is 2.72. The standard InChI is InChI=1S/C5H9NO3S/c7-2-4(3-10)6-1-5(8)9/h2,4,6,10H,1,3H2,(H,8,9)/t4-/m0/s1. The molecule has 0 aromatic rings. The SMILES string of the molecule is O=C[C@@H](CS)NCC(=O)O. The van der Waals surface area contributed by atoms with E-state index >= 15 is 0 Å². The molecule has 0 aliphatic rings. The molecule has 0 radical (unpaired) electrons. The molecule has 0 aromatic carbocycles. The van der Waals surface area contributed by atoms with Gasteiger partial charge in [0.1, 0.15) is 6.29 Å². The van der Waals surface area contributed by atoms with E-state index in [4.69, 9.17) is 5.11 Å². The minimum Gasteiger partial charge on any atom is -0.480 e. The molecule has 0 aliphatic carbocycles. The Morgan fingerprint density at radius 3 is 2.70 bits per heavy atom. The van der Waals surface area contributed by atoms with Crippen LogP contribution in [0, 0.1) is 0 Å². The smallest absolute Gasteiger partial charge is 0.317 e. The Labute approximate surface area is 64.0 Å². The summed E-state index contributed by atoms with van der Waals surface area (Å²) in [6, 6.07) is -0.459. The third-order valence-corrected chi connectivity index (χ3v) is 1.27. The Bertz CT molecular complexity index is 128. The van der Waals surface area contributed by atoms with E-state index in [1.165, 1.54) is 0 Å².